The third-order valence-electron chi connectivity index (χ3n) is 19.0. The largest absolute Gasteiger partial charge is 0.396 e. The van der Waals surface area contributed by atoms with E-state index in [1.165, 1.54) is 0 Å². The highest BCUT2D eigenvalue weighted by atomic mass is 16.6. The van der Waals surface area contributed by atoms with Gasteiger partial charge in [0.2, 0.25) is 0 Å². The van der Waals surface area contributed by atoms with Crippen LogP contribution < -0.4 is 0 Å². The minimum atomic E-state index is -1.28. The summed E-state index contributed by atoms with van der Waals surface area (Å²) in [4.78, 5) is 0. The number of ether oxygens (including phenoxy) is 11. The molecule has 25 atom stereocenters. The molecule has 0 amide bonds. The fourth-order valence-electron chi connectivity index (χ4n) is 14.9. The van der Waals surface area contributed by atoms with E-state index in [0.717, 1.165) is 56.1 Å². The molecule has 11 rings (SSSR count). The molecular weight excluding hydrogens is 885 g/mol. The van der Waals surface area contributed by atoms with Gasteiger partial charge in [-0.2, -0.15) is 0 Å². The lowest BCUT2D eigenvalue weighted by molar-refractivity contribution is -0.346. The normalized spacial score (nSPS) is 54.5. The maximum absolute atomic E-state index is 11.6. The van der Waals surface area contributed by atoms with Crippen molar-refractivity contribution in [3.63, 3.8) is 0 Å². The molecule has 0 aromatic rings. The highest BCUT2D eigenvalue weighted by Crippen LogP contribution is 2.53. The average Bonchev–Trinajstić information content (AvgIpc) is 3.41. The first-order valence-electron chi connectivity index (χ1n) is 26.7. The zero-order valence-corrected chi connectivity index (χ0v) is 42.0. The van der Waals surface area contributed by atoms with Crippen LogP contribution in [0.5, 0.6) is 0 Å². The predicted molar refractivity (Wildman–Crippen MR) is 253 cm³/mol. The maximum atomic E-state index is 11.6. The Kier molecular flexibility index (Phi) is 13.2. The van der Waals surface area contributed by atoms with E-state index in [0.29, 0.717) is 51.4 Å². The van der Waals surface area contributed by atoms with E-state index in [9.17, 15) is 15.3 Å². The van der Waals surface area contributed by atoms with Crippen molar-refractivity contribution < 1.29 is 67.4 Å². The van der Waals surface area contributed by atoms with E-state index >= 15 is 0 Å². The highest BCUT2D eigenvalue weighted by molar-refractivity contribution is 5.26. The van der Waals surface area contributed by atoms with Crippen molar-refractivity contribution >= 4 is 0 Å². The second kappa shape index (κ2) is 18.4. The molecule has 3 N–H and O–H groups in total. The lowest BCUT2D eigenvalue weighted by Gasteiger charge is -2.59. The number of fused-ring (bicyclic) bond motifs is 10. The number of hydrogen-bond acceptors (Lipinski definition) is 14. The summed E-state index contributed by atoms with van der Waals surface area (Å²) < 4.78 is 76.7. The molecule has 11 fully saturated rings. The fourth-order valence-corrected chi connectivity index (χ4v) is 14.9. The van der Waals surface area contributed by atoms with E-state index < -0.39 is 40.2 Å². The molecule has 11 saturated heterocycles. The minimum absolute atomic E-state index is 0.0484. The molecule has 11 aliphatic heterocycles. The van der Waals surface area contributed by atoms with E-state index in [2.05, 4.69) is 47.4 Å². The first kappa shape index (κ1) is 49.6. The van der Waals surface area contributed by atoms with Gasteiger partial charge in [-0.15, -0.1) is 6.58 Å². The Bertz CT molecular complexity index is 1980. The second-order valence-corrected chi connectivity index (χ2v) is 24.5. The molecule has 0 spiro atoms. The summed E-state index contributed by atoms with van der Waals surface area (Å²) in [5.41, 5.74) is -2.01. The predicted octanol–water partition coefficient (Wildman–Crippen LogP) is 6.43. The van der Waals surface area contributed by atoms with Gasteiger partial charge in [0, 0.05) is 64.4 Å². The Balaban J connectivity index is 0.750. The standard InChI is InChI=1S/C55H82O14/c1-10-11-29(2)12-15-51(5,58)50-31(4)20-41-40(66-50)26-46-55(9,68-41)28-44-38(63-46)24-43-49(65-44)30(3)13-16-53(7)48(64-43)27-47-54(8,69-53)17-14-32-33(62-47)21-35-34(59-32)22-36-37(60-35)23-42-39(61-36)25-45(57)52(6,67-42)18-19-56/h10,12,15,30,32-50,56-58H,1-2,4,11,13-14,16-28H2,3,5-9H3/b15-12+/t30-,32-,33+,34+,35-,36-,37+,38+,39+,40+,41-,42-,43-,44-,45-,46-,47-,48+,49+,50-,51+,52+,53-,54+,55+/m0/s1. The van der Waals surface area contributed by atoms with Crippen molar-refractivity contribution in [2.75, 3.05) is 6.61 Å². The van der Waals surface area contributed by atoms with E-state index in [1.54, 1.807) is 19.1 Å². The summed E-state index contributed by atoms with van der Waals surface area (Å²) >= 11 is 0. The van der Waals surface area contributed by atoms with Crippen LogP contribution in [0.3, 0.4) is 0 Å². The van der Waals surface area contributed by atoms with E-state index in [4.69, 9.17) is 52.1 Å². The van der Waals surface area contributed by atoms with Gasteiger partial charge < -0.3 is 67.4 Å². The van der Waals surface area contributed by atoms with Crippen LogP contribution in [-0.4, -0.2) is 166 Å². The van der Waals surface area contributed by atoms with Gasteiger partial charge in [0.15, 0.2) is 0 Å². The third-order valence-corrected chi connectivity index (χ3v) is 19.0. The van der Waals surface area contributed by atoms with Crippen LogP contribution in [0, 0.1) is 5.92 Å². The summed E-state index contributed by atoms with van der Waals surface area (Å²) in [5, 5.41) is 32.3. The number of aliphatic hydroxyl groups is 3. The lowest BCUT2D eigenvalue weighted by atomic mass is 9.73. The smallest absolute Gasteiger partial charge is 0.111 e. The van der Waals surface area contributed by atoms with Crippen molar-refractivity contribution in [3.05, 3.63) is 49.1 Å². The Morgan fingerprint density at radius 3 is 1.91 bits per heavy atom. The highest BCUT2D eigenvalue weighted by Gasteiger charge is 2.62. The van der Waals surface area contributed by atoms with Crippen LogP contribution in [-0.2, 0) is 52.1 Å². The van der Waals surface area contributed by atoms with Crippen molar-refractivity contribution in [2.45, 2.75) is 282 Å². The molecule has 0 saturated carbocycles. The van der Waals surface area contributed by atoms with E-state index in [1.807, 2.05) is 13.0 Å². The zero-order valence-electron chi connectivity index (χ0n) is 42.0. The molecule has 14 heteroatoms. The van der Waals surface area contributed by atoms with Crippen LogP contribution in [0.1, 0.15) is 138 Å². The lowest BCUT2D eigenvalue weighted by Crippen LogP contribution is -2.68. The number of allylic oxidation sites excluding steroid dienone is 3. The number of aliphatic hydroxyl groups excluding tert-OH is 2. The van der Waals surface area contributed by atoms with Gasteiger partial charge in [-0.25, -0.2) is 0 Å². The molecule has 11 aliphatic rings. The van der Waals surface area contributed by atoms with Gasteiger partial charge in [0.05, 0.1) is 132 Å². The second-order valence-electron chi connectivity index (χ2n) is 24.5. The molecule has 0 aliphatic carbocycles. The first-order valence-corrected chi connectivity index (χ1v) is 26.7. The van der Waals surface area contributed by atoms with Crippen molar-refractivity contribution in [1.82, 2.24) is 0 Å². The summed E-state index contributed by atoms with van der Waals surface area (Å²) in [7, 11) is 0. The van der Waals surface area contributed by atoms with Crippen LogP contribution >= 0.6 is 0 Å². The molecule has 0 bridgehead atoms. The van der Waals surface area contributed by atoms with Gasteiger partial charge >= 0.3 is 0 Å². The van der Waals surface area contributed by atoms with Gasteiger partial charge in [-0.05, 0) is 84.6 Å². The van der Waals surface area contributed by atoms with Crippen molar-refractivity contribution in [2.24, 2.45) is 5.92 Å². The Morgan fingerprint density at radius 1 is 0.667 bits per heavy atom. The molecule has 14 nitrogen and oxygen atoms in total. The molecular formula is C55H82O14. The fraction of sp³-hybridized carbons (Fsp3) is 0.855. The number of rotatable bonds is 7. The van der Waals surface area contributed by atoms with E-state index in [-0.39, 0.29) is 116 Å². The third kappa shape index (κ3) is 9.05. The summed E-state index contributed by atoms with van der Waals surface area (Å²) in [6, 6.07) is 0. The summed E-state index contributed by atoms with van der Waals surface area (Å²) in [6.07, 6.45) is 11.7. The molecule has 0 aromatic heterocycles. The van der Waals surface area contributed by atoms with Gasteiger partial charge in [-0.1, -0.05) is 43.9 Å². The first-order chi connectivity index (χ1) is 32.8. The number of hydrogen-bond donors (Lipinski definition) is 3. The van der Waals surface area contributed by atoms with Crippen molar-refractivity contribution in [3.8, 4) is 0 Å². The summed E-state index contributed by atoms with van der Waals surface area (Å²) in [5.74, 6) is 0.246. The Hall–Kier alpha value is -1.60. The maximum Gasteiger partial charge on any atom is 0.111 e. The SMILES string of the molecule is C=CCC(=C)/C=C/[C@@](C)(O)[C@H]1O[C@@H]2C[C@@H]3O[C@@H]4C[C@@H]5O[C@@H]6C[C@@H]7O[C@@H]8C[C@@H]9O[C@@H]%10C[C@@H]%11O[C@](C)(CCO)[C@@H](O)C[C@H]%11O[C@H]%10C[C@H]9O[C@H]8CC[C@@]7(C)O[C@@]6(C)CC[C@H](C)[C@H]5O[C@H]4C[C@@]3(C)O[C@H]2CC1=C. The quantitative estimate of drug-likeness (QED) is 0.189. The molecule has 0 aromatic carbocycles. The van der Waals surface area contributed by atoms with Crippen LogP contribution in [0.25, 0.3) is 0 Å². The minimum Gasteiger partial charge on any atom is -0.396 e. The van der Waals surface area contributed by atoms with Gasteiger partial charge in [0.25, 0.3) is 0 Å². The Labute approximate surface area is 409 Å². The average molecular weight is 967 g/mol. The van der Waals surface area contributed by atoms with Gasteiger partial charge in [0.1, 0.15) is 11.7 Å². The van der Waals surface area contributed by atoms with Crippen LogP contribution in [0.2, 0.25) is 0 Å². The molecule has 69 heavy (non-hydrogen) atoms. The van der Waals surface area contributed by atoms with Crippen molar-refractivity contribution in [1.29, 1.82) is 0 Å². The van der Waals surface area contributed by atoms with Crippen LogP contribution in [0.15, 0.2) is 49.1 Å². The topological polar surface area (TPSA) is 162 Å². The molecule has 11 heterocycles. The van der Waals surface area contributed by atoms with Crippen LogP contribution in [0.4, 0.5) is 0 Å². The summed E-state index contributed by atoms with van der Waals surface area (Å²) in [6.45, 7) is 24.8. The molecule has 0 radical (unpaired) electrons. The molecule has 386 valence electrons. The Morgan fingerprint density at radius 2 is 1.23 bits per heavy atom. The zero-order chi connectivity index (χ0) is 48.4. The molecule has 0 unspecified atom stereocenters. The van der Waals surface area contributed by atoms with Gasteiger partial charge in [-0.3, -0.25) is 0 Å². The monoisotopic (exact) mass is 967 g/mol.